The van der Waals surface area contributed by atoms with Crippen LogP contribution in [0.3, 0.4) is 0 Å². The maximum atomic E-state index is 6.07. The maximum Gasteiger partial charge on any atom is 0.123 e. The first-order valence-corrected chi connectivity index (χ1v) is 11.6. The van der Waals surface area contributed by atoms with Crippen LogP contribution >= 0.6 is 0 Å². The summed E-state index contributed by atoms with van der Waals surface area (Å²) < 4.78 is 22.3. The minimum absolute atomic E-state index is 0.00975. The van der Waals surface area contributed by atoms with Crippen molar-refractivity contribution in [3.63, 3.8) is 0 Å². The summed E-state index contributed by atoms with van der Waals surface area (Å²) in [5, 5.41) is 0. The van der Waals surface area contributed by atoms with E-state index in [0.29, 0.717) is 13.2 Å². The number of epoxide rings is 2. The van der Waals surface area contributed by atoms with E-state index in [1.165, 1.54) is 16.7 Å². The van der Waals surface area contributed by atoms with E-state index in [4.69, 9.17) is 18.9 Å². The van der Waals surface area contributed by atoms with Gasteiger partial charge in [0.2, 0.25) is 0 Å². The zero-order chi connectivity index (χ0) is 22.1. The van der Waals surface area contributed by atoms with Crippen LogP contribution in [0.1, 0.15) is 49.3 Å². The van der Waals surface area contributed by atoms with Gasteiger partial charge >= 0.3 is 0 Å². The maximum absolute atomic E-state index is 6.07. The van der Waals surface area contributed by atoms with Gasteiger partial charge in [-0.15, -0.1) is 0 Å². The number of rotatable bonds is 8. The van der Waals surface area contributed by atoms with Gasteiger partial charge in [0.1, 0.15) is 36.9 Å². The van der Waals surface area contributed by atoms with Gasteiger partial charge in [-0.3, -0.25) is 0 Å². The second-order valence-electron chi connectivity index (χ2n) is 9.93. The van der Waals surface area contributed by atoms with E-state index >= 15 is 0 Å². The van der Waals surface area contributed by atoms with Crippen molar-refractivity contribution in [2.45, 2.75) is 50.2 Å². The predicted molar refractivity (Wildman–Crippen MR) is 126 cm³/mol. The van der Waals surface area contributed by atoms with Gasteiger partial charge in [0.25, 0.3) is 0 Å². The van der Waals surface area contributed by atoms with Crippen molar-refractivity contribution in [3.8, 4) is 11.5 Å². The first kappa shape index (κ1) is 21.3. The Hall–Kier alpha value is -2.56. The lowest BCUT2D eigenvalue weighted by atomic mass is 9.82. The Morgan fingerprint density at radius 1 is 0.750 bits per heavy atom. The molecule has 1 aliphatic carbocycles. The van der Waals surface area contributed by atoms with Gasteiger partial charge in [-0.25, -0.2) is 0 Å². The summed E-state index contributed by atoms with van der Waals surface area (Å²) in [6, 6.07) is 15.0. The molecule has 0 saturated carbocycles. The van der Waals surface area contributed by atoms with Crippen LogP contribution in [-0.2, 0) is 14.9 Å². The highest BCUT2D eigenvalue weighted by Crippen LogP contribution is 2.37. The van der Waals surface area contributed by atoms with E-state index < -0.39 is 0 Å². The van der Waals surface area contributed by atoms with Crippen LogP contribution in [0.15, 0.2) is 66.8 Å². The summed E-state index contributed by atoms with van der Waals surface area (Å²) in [5.74, 6) is 2.43. The largest absolute Gasteiger partial charge is 0.491 e. The van der Waals surface area contributed by atoms with Crippen molar-refractivity contribution >= 4 is 0 Å². The molecule has 0 amide bonds. The Kier molecular flexibility index (Phi) is 5.83. The molecule has 2 aromatic rings. The topological polar surface area (TPSA) is 43.5 Å². The van der Waals surface area contributed by atoms with Gasteiger partial charge in [0.05, 0.1) is 13.2 Å². The molecule has 2 aliphatic heterocycles. The van der Waals surface area contributed by atoms with Gasteiger partial charge in [-0.1, -0.05) is 69.3 Å². The van der Waals surface area contributed by atoms with Crippen LogP contribution in [0.5, 0.6) is 11.5 Å². The van der Waals surface area contributed by atoms with Gasteiger partial charge in [-0.05, 0) is 40.3 Å². The first-order valence-electron chi connectivity index (χ1n) is 11.6. The van der Waals surface area contributed by atoms with Crippen molar-refractivity contribution < 1.29 is 18.9 Å². The average molecular weight is 433 g/mol. The third-order valence-corrected chi connectivity index (χ3v) is 6.18. The third-order valence-electron chi connectivity index (χ3n) is 6.18. The molecule has 2 fully saturated rings. The summed E-state index contributed by atoms with van der Waals surface area (Å²) in [6.45, 7) is 9.61. The first-order chi connectivity index (χ1) is 15.5. The lowest BCUT2D eigenvalue weighted by molar-refractivity contribution is 0.258. The van der Waals surface area contributed by atoms with Crippen LogP contribution in [0.2, 0.25) is 0 Å². The molecule has 2 heterocycles. The van der Waals surface area contributed by atoms with E-state index in [-0.39, 0.29) is 29.5 Å². The molecule has 5 rings (SSSR count). The van der Waals surface area contributed by atoms with Gasteiger partial charge in [0, 0.05) is 11.8 Å². The van der Waals surface area contributed by atoms with E-state index in [1.807, 2.05) is 12.1 Å². The molecule has 3 aliphatic rings. The van der Waals surface area contributed by atoms with Crippen molar-refractivity contribution in [3.05, 3.63) is 83.5 Å². The molecule has 4 nitrogen and oxygen atoms in total. The van der Waals surface area contributed by atoms with Gasteiger partial charge in [-0.2, -0.15) is 0 Å². The zero-order valence-electron chi connectivity index (χ0n) is 19.1. The summed E-state index contributed by atoms with van der Waals surface area (Å²) in [4.78, 5) is 0. The molecule has 2 saturated heterocycles. The Morgan fingerprint density at radius 2 is 1.28 bits per heavy atom. The van der Waals surface area contributed by atoms with Crippen LogP contribution in [0.25, 0.3) is 0 Å². The van der Waals surface area contributed by atoms with E-state index in [1.54, 1.807) is 0 Å². The Morgan fingerprint density at radius 3 is 1.84 bits per heavy atom. The summed E-state index contributed by atoms with van der Waals surface area (Å²) in [6.07, 6.45) is 9.74. The highest BCUT2D eigenvalue weighted by molar-refractivity contribution is 5.46. The van der Waals surface area contributed by atoms with Crippen LogP contribution in [0, 0.1) is 0 Å². The van der Waals surface area contributed by atoms with Crippen LogP contribution in [-0.4, -0.2) is 38.6 Å². The average Bonchev–Trinajstić information content (AvgIpc) is 3.71. The molecular weight excluding hydrogens is 400 g/mol. The summed E-state index contributed by atoms with van der Waals surface area (Å²) in [5.41, 5.74) is 3.82. The minimum atomic E-state index is 0.00975. The highest BCUT2D eigenvalue weighted by Gasteiger charge is 2.26. The van der Waals surface area contributed by atoms with Crippen LogP contribution in [0.4, 0.5) is 0 Å². The fourth-order valence-electron chi connectivity index (χ4n) is 4.01. The van der Waals surface area contributed by atoms with E-state index in [2.05, 4.69) is 75.4 Å². The molecule has 0 bridgehead atoms. The van der Waals surface area contributed by atoms with E-state index in [9.17, 15) is 0 Å². The Bertz CT molecular complexity index is 977. The number of hydrogen-bond donors (Lipinski definition) is 0. The number of allylic oxidation sites excluding steroid dienone is 4. The van der Waals surface area contributed by atoms with Crippen molar-refractivity contribution in [2.75, 3.05) is 26.4 Å². The fourth-order valence-corrected chi connectivity index (χ4v) is 4.01. The molecule has 32 heavy (non-hydrogen) atoms. The number of benzene rings is 2. The Labute approximate surface area is 190 Å². The molecule has 4 heteroatoms. The Balaban J connectivity index is 1.26. The summed E-state index contributed by atoms with van der Waals surface area (Å²) >= 11 is 0. The van der Waals surface area contributed by atoms with Gasteiger partial charge in [0.15, 0.2) is 0 Å². The smallest absolute Gasteiger partial charge is 0.123 e. The molecule has 168 valence electrons. The normalized spacial score (nSPS) is 26.1. The lowest BCUT2D eigenvalue weighted by Gasteiger charge is -2.25. The predicted octanol–water partition coefficient (Wildman–Crippen LogP) is 5.53. The molecule has 0 radical (unpaired) electrons. The second-order valence-corrected chi connectivity index (χ2v) is 9.93. The summed E-state index contributed by atoms with van der Waals surface area (Å²) in [7, 11) is 0. The lowest BCUT2D eigenvalue weighted by Crippen LogP contribution is -2.16. The third kappa shape index (κ3) is 5.25. The molecule has 2 atom stereocenters. The molecule has 0 N–H and O–H groups in total. The SMILES string of the molecule is CC(C)(C)c1cc(C2C=CC(c3ccc(OCC4CO4)cc3)C=C2)ccc1OCC1CO1. The highest BCUT2D eigenvalue weighted by atomic mass is 16.6. The number of hydrogen-bond acceptors (Lipinski definition) is 4. The molecule has 2 aromatic carbocycles. The molecular formula is C28H32O4. The molecule has 0 aromatic heterocycles. The van der Waals surface area contributed by atoms with Crippen molar-refractivity contribution in [1.29, 1.82) is 0 Å². The minimum Gasteiger partial charge on any atom is -0.491 e. The fraction of sp³-hybridized carbons (Fsp3) is 0.429. The van der Waals surface area contributed by atoms with Gasteiger partial charge < -0.3 is 18.9 Å². The molecule has 0 spiro atoms. The molecule has 2 unspecified atom stereocenters. The zero-order valence-corrected chi connectivity index (χ0v) is 19.1. The van der Waals surface area contributed by atoms with E-state index in [0.717, 1.165) is 24.7 Å². The van der Waals surface area contributed by atoms with Crippen molar-refractivity contribution in [2.24, 2.45) is 0 Å². The monoisotopic (exact) mass is 432 g/mol. The van der Waals surface area contributed by atoms with Crippen LogP contribution < -0.4 is 9.47 Å². The van der Waals surface area contributed by atoms with Crippen molar-refractivity contribution in [1.82, 2.24) is 0 Å². The quantitative estimate of drug-likeness (QED) is 0.406. The second kappa shape index (κ2) is 8.76. The number of ether oxygens (including phenoxy) is 4. The standard InChI is InChI=1S/C28H32O4/c1-28(2,3)26-14-22(10-13-27(26)32-18-25-17-31-25)21-6-4-19(5-7-21)20-8-11-23(12-9-20)29-15-24-16-30-24/h4-14,19,21,24-25H,15-18H2,1-3H3.